The molecule has 0 fully saturated rings. The number of hydrogen-bond acceptors (Lipinski definition) is 4. The molecule has 0 radical (unpaired) electrons. The number of rotatable bonds is 11. The summed E-state index contributed by atoms with van der Waals surface area (Å²) in [6.07, 6.45) is 0. The molecule has 0 aliphatic heterocycles. The zero-order chi connectivity index (χ0) is 29.6. The Bertz CT molecular complexity index is 1440. The van der Waals surface area contributed by atoms with Crippen LogP contribution in [-0.4, -0.2) is 44.3 Å². The van der Waals surface area contributed by atoms with Crippen molar-refractivity contribution >= 4 is 50.7 Å². The van der Waals surface area contributed by atoms with Crippen LogP contribution in [-0.2, 0) is 26.2 Å². The number of carbonyl (C=O) groups is 2. The molecule has 3 aromatic carbocycles. The summed E-state index contributed by atoms with van der Waals surface area (Å²) in [5, 5.41) is 3.27. The summed E-state index contributed by atoms with van der Waals surface area (Å²) in [5.74, 6) is -0.645. The van der Waals surface area contributed by atoms with Crippen LogP contribution < -0.4 is 9.62 Å². The molecule has 0 aliphatic rings. The van der Waals surface area contributed by atoms with Gasteiger partial charge in [0.25, 0.3) is 10.0 Å². The van der Waals surface area contributed by atoms with Gasteiger partial charge in [-0.15, -0.1) is 0 Å². The lowest BCUT2D eigenvalue weighted by atomic mass is 10.1. The summed E-state index contributed by atoms with van der Waals surface area (Å²) >= 11 is 12.3. The number of nitrogens with zero attached hydrogens (tertiary/aromatic N) is 2. The normalized spacial score (nSPS) is 12.2. The molecule has 0 aromatic heterocycles. The van der Waals surface area contributed by atoms with E-state index in [1.54, 1.807) is 19.1 Å². The highest BCUT2D eigenvalue weighted by molar-refractivity contribution is 7.92. The largest absolute Gasteiger partial charge is 0.354 e. The van der Waals surface area contributed by atoms with Gasteiger partial charge >= 0.3 is 0 Å². The van der Waals surface area contributed by atoms with Crippen molar-refractivity contribution in [2.45, 2.75) is 52.1 Å². The van der Waals surface area contributed by atoms with Crippen LogP contribution in [0.2, 0.25) is 10.0 Å². The molecule has 1 unspecified atom stereocenters. The van der Waals surface area contributed by atoms with Crippen molar-refractivity contribution in [3.05, 3.63) is 93.5 Å². The average Bonchev–Trinajstić information content (AvgIpc) is 2.91. The summed E-state index contributed by atoms with van der Waals surface area (Å²) in [4.78, 5) is 28.4. The molecule has 10 heteroatoms. The summed E-state index contributed by atoms with van der Waals surface area (Å²) in [6.45, 7) is 9.42. The Kier molecular flexibility index (Phi) is 10.6. The first-order valence-corrected chi connectivity index (χ1v) is 15.2. The van der Waals surface area contributed by atoms with E-state index in [1.165, 1.54) is 35.2 Å². The topological polar surface area (TPSA) is 86.8 Å². The second-order valence-electron chi connectivity index (χ2n) is 10.2. The Morgan fingerprint density at radius 2 is 1.43 bits per heavy atom. The molecule has 0 saturated carbocycles. The first kappa shape index (κ1) is 31.5. The zero-order valence-electron chi connectivity index (χ0n) is 23.3. The lowest BCUT2D eigenvalue weighted by Gasteiger charge is -2.32. The van der Waals surface area contributed by atoms with Crippen molar-refractivity contribution in [1.29, 1.82) is 0 Å². The van der Waals surface area contributed by atoms with E-state index in [0.717, 1.165) is 21.0 Å². The van der Waals surface area contributed by atoms with Gasteiger partial charge in [-0.25, -0.2) is 8.42 Å². The van der Waals surface area contributed by atoms with Crippen LogP contribution in [0.4, 0.5) is 5.69 Å². The minimum absolute atomic E-state index is 0.0183. The molecule has 3 aromatic rings. The molecule has 1 N–H and O–H groups in total. The Hall–Kier alpha value is -3.07. The molecule has 7 nitrogen and oxygen atoms in total. The molecule has 40 heavy (non-hydrogen) atoms. The average molecular weight is 605 g/mol. The van der Waals surface area contributed by atoms with E-state index in [-0.39, 0.29) is 39.0 Å². The van der Waals surface area contributed by atoms with E-state index in [0.29, 0.717) is 6.54 Å². The molecular weight excluding hydrogens is 569 g/mol. The molecule has 3 rings (SSSR count). The van der Waals surface area contributed by atoms with Crippen LogP contribution in [0.5, 0.6) is 0 Å². The first-order valence-electron chi connectivity index (χ1n) is 13.0. The smallest absolute Gasteiger partial charge is 0.264 e. The lowest BCUT2D eigenvalue weighted by Crippen LogP contribution is -2.51. The maximum absolute atomic E-state index is 13.9. The maximum Gasteiger partial charge on any atom is 0.264 e. The number of hydrogen-bond donors (Lipinski definition) is 1. The van der Waals surface area contributed by atoms with E-state index < -0.39 is 28.5 Å². The molecule has 214 valence electrons. The van der Waals surface area contributed by atoms with Gasteiger partial charge < -0.3 is 10.2 Å². The Balaban J connectivity index is 2.03. The monoisotopic (exact) mass is 603 g/mol. The highest BCUT2D eigenvalue weighted by Gasteiger charge is 2.32. The van der Waals surface area contributed by atoms with E-state index in [9.17, 15) is 18.0 Å². The minimum atomic E-state index is -4.19. The van der Waals surface area contributed by atoms with E-state index in [2.05, 4.69) is 5.32 Å². The van der Waals surface area contributed by atoms with E-state index in [1.807, 2.05) is 52.0 Å². The van der Waals surface area contributed by atoms with Crippen molar-refractivity contribution in [3.63, 3.8) is 0 Å². The van der Waals surface area contributed by atoms with Gasteiger partial charge in [-0.3, -0.25) is 13.9 Å². The zero-order valence-corrected chi connectivity index (χ0v) is 25.6. The van der Waals surface area contributed by atoms with Crippen molar-refractivity contribution in [3.8, 4) is 0 Å². The number of nitrogens with one attached hydrogen (secondary N) is 1. The highest BCUT2D eigenvalue weighted by Crippen LogP contribution is 2.31. The van der Waals surface area contributed by atoms with E-state index in [4.69, 9.17) is 23.2 Å². The Morgan fingerprint density at radius 1 is 0.850 bits per heavy atom. The fraction of sp³-hybridized carbons (Fsp3) is 0.333. The number of halogens is 2. The van der Waals surface area contributed by atoms with Gasteiger partial charge in [0.2, 0.25) is 11.8 Å². The molecule has 0 saturated heterocycles. The van der Waals surface area contributed by atoms with Crippen LogP contribution in [0.1, 0.15) is 37.5 Å². The first-order chi connectivity index (χ1) is 18.8. The number of anilines is 1. The van der Waals surface area contributed by atoms with Crippen molar-refractivity contribution in [1.82, 2.24) is 10.2 Å². The summed E-state index contributed by atoms with van der Waals surface area (Å²) < 4.78 is 28.8. The molecule has 0 heterocycles. The van der Waals surface area contributed by atoms with E-state index >= 15 is 0 Å². The van der Waals surface area contributed by atoms with Crippen LogP contribution in [0, 0.1) is 19.8 Å². The summed E-state index contributed by atoms with van der Waals surface area (Å²) in [6, 6.07) is 17.5. The number of amides is 2. The third-order valence-electron chi connectivity index (χ3n) is 6.40. The standard InChI is InChI=1S/C30H35Cl2N3O4S/c1-20(2)17-33-30(37)23(5)34(18-24-10-6-21(3)7-11-24)29(36)19-35(25-12-15-27(31)28(32)16-25)40(38,39)26-13-8-22(4)9-14-26/h6-16,20,23H,17-19H2,1-5H3,(H,33,37). The molecule has 2 amide bonds. The van der Waals surface area contributed by atoms with Gasteiger partial charge in [0.15, 0.2) is 0 Å². The van der Waals surface area contributed by atoms with Crippen LogP contribution in [0.25, 0.3) is 0 Å². The van der Waals surface area contributed by atoms with Crippen LogP contribution in [0.15, 0.2) is 71.6 Å². The van der Waals surface area contributed by atoms with Crippen molar-refractivity contribution in [2.75, 3.05) is 17.4 Å². The van der Waals surface area contributed by atoms with Crippen molar-refractivity contribution < 1.29 is 18.0 Å². The van der Waals surface area contributed by atoms with Gasteiger partial charge in [-0.1, -0.05) is 84.6 Å². The van der Waals surface area contributed by atoms with Gasteiger partial charge in [0, 0.05) is 13.1 Å². The minimum Gasteiger partial charge on any atom is -0.354 e. The van der Waals surface area contributed by atoms with Crippen LogP contribution in [0.3, 0.4) is 0 Å². The molecule has 0 bridgehead atoms. The third-order valence-corrected chi connectivity index (χ3v) is 8.93. The van der Waals surface area contributed by atoms with Crippen LogP contribution >= 0.6 is 23.2 Å². The third kappa shape index (κ3) is 7.99. The number of benzene rings is 3. The lowest BCUT2D eigenvalue weighted by molar-refractivity contribution is -0.139. The second-order valence-corrected chi connectivity index (χ2v) is 12.9. The number of sulfonamides is 1. The van der Waals surface area contributed by atoms with Gasteiger partial charge in [0.05, 0.1) is 20.6 Å². The fourth-order valence-corrected chi connectivity index (χ4v) is 5.63. The second kappa shape index (κ2) is 13.5. The number of carbonyl (C=O) groups excluding carboxylic acids is 2. The van der Waals surface area contributed by atoms with Gasteiger partial charge in [0.1, 0.15) is 12.6 Å². The molecule has 1 atom stereocenters. The fourth-order valence-electron chi connectivity index (χ4n) is 3.93. The number of aryl methyl sites for hydroxylation is 2. The quantitative estimate of drug-likeness (QED) is 0.291. The predicted octanol–water partition coefficient (Wildman–Crippen LogP) is 6.00. The SMILES string of the molecule is Cc1ccc(CN(C(=O)CN(c2ccc(Cl)c(Cl)c2)S(=O)(=O)c2ccc(C)cc2)C(C)C(=O)NCC(C)C)cc1. The van der Waals surface area contributed by atoms with Gasteiger partial charge in [-0.05, 0) is 62.6 Å². The summed E-state index contributed by atoms with van der Waals surface area (Å²) in [5.41, 5.74) is 2.93. The molecular formula is C30H35Cl2N3O4S. The summed E-state index contributed by atoms with van der Waals surface area (Å²) in [7, 11) is -4.19. The van der Waals surface area contributed by atoms with Crippen molar-refractivity contribution in [2.24, 2.45) is 5.92 Å². The Labute approximate surface area is 247 Å². The maximum atomic E-state index is 13.9. The molecule has 0 aliphatic carbocycles. The molecule has 0 spiro atoms. The highest BCUT2D eigenvalue weighted by atomic mass is 35.5. The Morgan fingerprint density at radius 3 is 1.98 bits per heavy atom. The van der Waals surface area contributed by atoms with Gasteiger partial charge in [-0.2, -0.15) is 0 Å². The predicted molar refractivity (Wildman–Crippen MR) is 161 cm³/mol.